The van der Waals surface area contributed by atoms with Crippen LogP contribution in [-0.2, 0) is 19.8 Å². The molecule has 0 saturated carbocycles. The Hall–Kier alpha value is -5.25. The van der Waals surface area contributed by atoms with Crippen LogP contribution in [0.3, 0.4) is 0 Å². The van der Waals surface area contributed by atoms with Crippen molar-refractivity contribution in [3.63, 3.8) is 0 Å². The largest absolute Gasteiger partial charge is 0.497 e. The topological polar surface area (TPSA) is 77.8 Å². The zero-order valence-electron chi connectivity index (χ0n) is 24.4. The molecule has 0 aliphatic heterocycles. The molecule has 0 fully saturated rings. The van der Waals surface area contributed by atoms with Crippen LogP contribution in [0, 0.1) is 18.3 Å². The number of nitriles is 1. The maximum absolute atomic E-state index is 11.7. The minimum absolute atomic E-state index is 0.182. The van der Waals surface area contributed by atoms with E-state index in [-0.39, 0.29) is 13.2 Å². The van der Waals surface area contributed by atoms with Gasteiger partial charge in [0.05, 0.1) is 29.3 Å². The number of nitrogens with zero attached hydrogens (tertiary/aromatic N) is 1. The molecule has 0 aliphatic carbocycles. The second kappa shape index (κ2) is 14.3. The van der Waals surface area contributed by atoms with Crippen LogP contribution >= 0.6 is 11.6 Å². The molecule has 0 aromatic heterocycles. The molecule has 0 atom stereocenters. The van der Waals surface area contributed by atoms with Crippen LogP contribution in [0.25, 0.3) is 11.1 Å². The van der Waals surface area contributed by atoms with Crippen molar-refractivity contribution in [3.05, 3.63) is 142 Å². The minimum atomic E-state index is 0.182. The number of benzene rings is 5. The van der Waals surface area contributed by atoms with Crippen molar-refractivity contribution in [1.82, 2.24) is 0 Å². The Balaban J connectivity index is 1.29. The fraction of sp³-hybridized carbons (Fsp3) is 0.135. The van der Waals surface area contributed by atoms with Gasteiger partial charge in [0.25, 0.3) is 0 Å². The predicted octanol–water partition coefficient (Wildman–Crippen LogP) is 8.75. The average molecular weight is 604 g/mol. The Morgan fingerprint density at radius 1 is 0.750 bits per heavy atom. The number of rotatable bonds is 12. The van der Waals surface area contributed by atoms with Gasteiger partial charge in [0, 0.05) is 6.07 Å². The summed E-state index contributed by atoms with van der Waals surface area (Å²) in [5.41, 5.74) is 6.84. The monoisotopic (exact) mass is 603 g/mol. The molecule has 5 rings (SSSR count). The van der Waals surface area contributed by atoms with E-state index in [0.29, 0.717) is 40.5 Å². The predicted molar refractivity (Wildman–Crippen MR) is 171 cm³/mol. The van der Waals surface area contributed by atoms with Gasteiger partial charge in [-0.3, -0.25) is 4.79 Å². The van der Waals surface area contributed by atoms with Crippen molar-refractivity contribution in [2.24, 2.45) is 0 Å². The number of hydrogen-bond acceptors (Lipinski definition) is 6. The highest BCUT2D eigenvalue weighted by atomic mass is 35.5. The van der Waals surface area contributed by atoms with Gasteiger partial charge in [-0.15, -0.1) is 0 Å². The van der Waals surface area contributed by atoms with E-state index in [1.165, 1.54) is 6.07 Å². The van der Waals surface area contributed by atoms with Crippen molar-refractivity contribution in [3.8, 4) is 40.2 Å². The van der Waals surface area contributed by atoms with E-state index < -0.39 is 0 Å². The zero-order chi connectivity index (χ0) is 30.9. The number of aldehydes is 1. The van der Waals surface area contributed by atoms with Crippen LogP contribution in [0.2, 0.25) is 5.02 Å². The molecule has 0 bridgehead atoms. The first-order valence-electron chi connectivity index (χ1n) is 14.0. The van der Waals surface area contributed by atoms with Crippen LogP contribution in [-0.4, -0.2) is 13.4 Å². The first kappa shape index (κ1) is 30.2. The van der Waals surface area contributed by atoms with Gasteiger partial charge in [0.15, 0.2) is 6.29 Å². The van der Waals surface area contributed by atoms with Gasteiger partial charge in [-0.25, -0.2) is 0 Å². The van der Waals surface area contributed by atoms with Gasteiger partial charge in [-0.1, -0.05) is 66.2 Å². The first-order valence-corrected chi connectivity index (χ1v) is 14.3. The zero-order valence-corrected chi connectivity index (χ0v) is 25.1. The molecule has 0 N–H and O–H groups in total. The van der Waals surface area contributed by atoms with Gasteiger partial charge in [0.2, 0.25) is 0 Å². The third-order valence-electron chi connectivity index (χ3n) is 7.18. The molecule has 44 heavy (non-hydrogen) atoms. The number of carbonyl (C=O) groups is 1. The molecule has 0 spiro atoms. The number of carbonyl (C=O) groups excluding carboxylic acids is 1. The minimum Gasteiger partial charge on any atom is -0.497 e. The average Bonchev–Trinajstić information content (AvgIpc) is 3.07. The molecule has 0 amide bonds. The molecule has 6 nitrogen and oxygen atoms in total. The van der Waals surface area contributed by atoms with E-state index in [4.69, 9.17) is 35.8 Å². The van der Waals surface area contributed by atoms with Gasteiger partial charge in [0.1, 0.15) is 42.8 Å². The Morgan fingerprint density at radius 2 is 1.50 bits per heavy atom. The van der Waals surface area contributed by atoms with Gasteiger partial charge < -0.3 is 18.9 Å². The molecule has 220 valence electrons. The van der Waals surface area contributed by atoms with Gasteiger partial charge in [-0.2, -0.15) is 5.26 Å². The smallest absolute Gasteiger partial charge is 0.153 e. The lowest BCUT2D eigenvalue weighted by Crippen LogP contribution is -2.02. The highest BCUT2D eigenvalue weighted by Gasteiger charge is 2.14. The summed E-state index contributed by atoms with van der Waals surface area (Å²) in [5, 5.41) is 9.47. The Kier molecular flexibility index (Phi) is 9.81. The van der Waals surface area contributed by atoms with Crippen molar-refractivity contribution >= 4 is 17.9 Å². The highest BCUT2D eigenvalue weighted by Crippen LogP contribution is 2.34. The molecule has 5 aromatic rings. The van der Waals surface area contributed by atoms with Crippen LogP contribution in [0.4, 0.5) is 0 Å². The third-order valence-corrected chi connectivity index (χ3v) is 7.48. The van der Waals surface area contributed by atoms with Crippen molar-refractivity contribution < 1.29 is 23.7 Å². The molecular weight excluding hydrogens is 574 g/mol. The Labute approximate surface area is 262 Å². The second-order valence-electron chi connectivity index (χ2n) is 10.1. The number of hydrogen-bond donors (Lipinski definition) is 0. The quantitative estimate of drug-likeness (QED) is 0.133. The van der Waals surface area contributed by atoms with Gasteiger partial charge >= 0.3 is 0 Å². The lowest BCUT2D eigenvalue weighted by atomic mass is 9.96. The maximum atomic E-state index is 11.7. The summed E-state index contributed by atoms with van der Waals surface area (Å²) < 4.78 is 23.4. The van der Waals surface area contributed by atoms with Gasteiger partial charge in [-0.05, 0) is 82.8 Å². The lowest BCUT2D eigenvalue weighted by molar-refractivity contribution is 0.111. The van der Waals surface area contributed by atoms with Crippen LogP contribution in [0.1, 0.15) is 38.2 Å². The summed E-state index contributed by atoms with van der Waals surface area (Å²) in [5.74, 6) is 2.33. The Morgan fingerprint density at radius 3 is 2.27 bits per heavy atom. The number of halogens is 1. The molecule has 0 heterocycles. The summed E-state index contributed by atoms with van der Waals surface area (Å²) in [7, 11) is 1.65. The van der Waals surface area contributed by atoms with Crippen molar-refractivity contribution in [2.75, 3.05) is 7.11 Å². The van der Waals surface area contributed by atoms with E-state index in [1.54, 1.807) is 31.4 Å². The van der Waals surface area contributed by atoms with Crippen molar-refractivity contribution in [2.45, 2.75) is 26.7 Å². The normalized spacial score (nSPS) is 10.5. The number of ether oxygens (including phenoxy) is 4. The van der Waals surface area contributed by atoms with E-state index in [9.17, 15) is 4.79 Å². The number of methoxy groups -OCH3 is 1. The third kappa shape index (κ3) is 7.38. The standard InChI is InChI=1S/C37H30ClNO5/c1-25-30(9-5-11-34(25)29-8-4-10-33(17-29)42-22-26-12-14-32(41-2)15-13-26)24-44-37-19-36(31(21-40)18-35(37)38)43-23-28-7-3-6-27(16-28)20-39/h3-19,21H,22-24H2,1-2H3. The van der Waals surface area contributed by atoms with E-state index in [1.807, 2.05) is 60.7 Å². The van der Waals surface area contributed by atoms with E-state index in [0.717, 1.165) is 44.9 Å². The molecule has 0 unspecified atom stereocenters. The molecule has 5 aromatic carbocycles. The molecule has 0 aliphatic rings. The van der Waals surface area contributed by atoms with Crippen molar-refractivity contribution in [1.29, 1.82) is 5.26 Å². The van der Waals surface area contributed by atoms with Crippen LogP contribution in [0.15, 0.2) is 103 Å². The first-order chi connectivity index (χ1) is 21.5. The fourth-order valence-electron chi connectivity index (χ4n) is 4.72. The second-order valence-corrected chi connectivity index (χ2v) is 10.5. The summed E-state index contributed by atoms with van der Waals surface area (Å²) in [6.45, 7) is 2.94. The SMILES string of the molecule is COc1ccc(COc2cccc(-c3cccc(COc4cc(OCc5cccc(C#N)c5)c(C=O)cc4Cl)c3C)c2)cc1. The summed E-state index contributed by atoms with van der Waals surface area (Å²) in [6.07, 6.45) is 0.694. The van der Waals surface area contributed by atoms with Crippen LogP contribution < -0.4 is 18.9 Å². The highest BCUT2D eigenvalue weighted by molar-refractivity contribution is 6.32. The molecule has 7 heteroatoms. The summed E-state index contributed by atoms with van der Waals surface area (Å²) in [6, 6.07) is 34.3. The lowest BCUT2D eigenvalue weighted by Gasteiger charge is -2.16. The van der Waals surface area contributed by atoms with E-state index >= 15 is 0 Å². The fourth-order valence-corrected chi connectivity index (χ4v) is 4.95. The summed E-state index contributed by atoms with van der Waals surface area (Å²) in [4.78, 5) is 11.7. The summed E-state index contributed by atoms with van der Waals surface area (Å²) >= 11 is 6.48. The molecule has 0 saturated heterocycles. The maximum Gasteiger partial charge on any atom is 0.153 e. The molecule has 0 radical (unpaired) electrons. The Bertz CT molecular complexity index is 1810. The van der Waals surface area contributed by atoms with E-state index in [2.05, 4.69) is 25.1 Å². The molecular formula is C37H30ClNO5. The van der Waals surface area contributed by atoms with Crippen LogP contribution in [0.5, 0.6) is 23.0 Å².